The summed E-state index contributed by atoms with van der Waals surface area (Å²) in [5.41, 5.74) is 2.80. The zero-order valence-corrected chi connectivity index (χ0v) is 14.0. The van der Waals surface area contributed by atoms with E-state index >= 15 is 0 Å². The van der Waals surface area contributed by atoms with Gasteiger partial charge in [-0.2, -0.15) is 0 Å². The molecule has 6 heteroatoms. The Bertz CT molecular complexity index is 882. The maximum Gasteiger partial charge on any atom is 0.290 e. The fourth-order valence-corrected chi connectivity index (χ4v) is 3.12. The van der Waals surface area contributed by atoms with Crippen LogP contribution in [0.5, 0.6) is 0 Å². The largest absolute Gasteiger partial charge is 0.438 e. The van der Waals surface area contributed by atoms with Gasteiger partial charge in [0.2, 0.25) is 11.7 Å². The SMILES string of the molecule is CC(NC(=O)c1onc2c1CCCC2)c1ncc(-c2ccccc2)o1. The van der Waals surface area contributed by atoms with E-state index in [-0.39, 0.29) is 11.9 Å². The third-order valence-corrected chi connectivity index (χ3v) is 4.47. The van der Waals surface area contributed by atoms with Crippen LogP contribution < -0.4 is 5.32 Å². The number of hydrogen-bond acceptors (Lipinski definition) is 5. The Labute approximate surface area is 145 Å². The van der Waals surface area contributed by atoms with E-state index in [1.807, 2.05) is 37.3 Å². The van der Waals surface area contributed by atoms with E-state index in [0.717, 1.165) is 42.5 Å². The van der Waals surface area contributed by atoms with Crippen LogP contribution in [0.2, 0.25) is 0 Å². The summed E-state index contributed by atoms with van der Waals surface area (Å²) in [6.45, 7) is 1.83. The average Bonchev–Trinajstić information content (AvgIpc) is 3.30. The Morgan fingerprint density at radius 1 is 1.20 bits per heavy atom. The molecule has 2 aromatic heterocycles. The van der Waals surface area contributed by atoms with Crippen LogP contribution in [0.15, 0.2) is 45.5 Å². The van der Waals surface area contributed by atoms with Crippen LogP contribution in [0.25, 0.3) is 11.3 Å². The van der Waals surface area contributed by atoms with Gasteiger partial charge in [-0.3, -0.25) is 4.79 Å². The number of aryl methyl sites for hydroxylation is 1. The van der Waals surface area contributed by atoms with Crippen LogP contribution in [-0.2, 0) is 12.8 Å². The van der Waals surface area contributed by atoms with Crippen molar-refractivity contribution < 1.29 is 13.7 Å². The number of benzene rings is 1. The molecule has 0 fully saturated rings. The lowest BCUT2D eigenvalue weighted by molar-refractivity contribution is 0.0895. The van der Waals surface area contributed by atoms with Gasteiger partial charge in [0.05, 0.1) is 11.9 Å². The molecule has 2 heterocycles. The summed E-state index contributed by atoms with van der Waals surface area (Å²) in [4.78, 5) is 16.8. The van der Waals surface area contributed by atoms with Crippen LogP contribution in [-0.4, -0.2) is 16.0 Å². The first-order chi connectivity index (χ1) is 12.2. The molecule has 3 aromatic rings. The molecule has 1 unspecified atom stereocenters. The van der Waals surface area contributed by atoms with Crippen LogP contribution >= 0.6 is 0 Å². The Hall–Kier alpha value is -2.89. The maximum absolute atomic E-state index is 12.5. The monoisotopic (exact) mass is 337 g/mol. The fourth-order valence-electron chi connectivity index (χ4n) is 3.12. The van der Waals surface area contributed by atoms with Gasteiger partial charge in [-0.1, -0.05) is 35.5 Å². The van der Waals surface area contributed by atoms with Crippen molar-refractivity contribution in [1.82, 2.24) is 15.5 Å². The third-order valence-electron chi connectivity index (χ3n) is 4.47. The highest BCUT2D eigenvalue weighted by atomic mass is 16.5. The minimum Gasteiger partial charge on any atom is -0.438 e. The molecule has 6 nitrogen and oxygen atoms in total. The number of amides is 1. The quantitative estimate of drug-likeness (QED) is 0.785. The Morgan fingerprint density at radius 2 is 2.00 bits per heavy atom. The summed E-state index contributed by atoms with van der Waals surface area (Å²) >= 11 is 0. The summed E-state index contributed by atoms with van der Waals surface area (Å²) in [5.74, 6) is 1.17. The van der Waals surface area contributed by atoms with Gasteiger partial charge in [0.15, 0.2) is 5.76 Å². The van der Waals surface area contributed by atoms with Crippen molar-refractivity contribution in [3.8, 4) is 11.3 Å². The smallest absolute Gasteiger partial charge is 0.290 e. The molecule has 0 aliphatic heterocycles. The van der Waals surface area contributed by atoms with Crippen molar-refractivity contribution in [2.75, 3.05) is 0 Å². The molecule has 0 saturated carbocycles. The summed E-state index contributed by atoms with van der Waals surface area (Å²) in [6.07, 6.45) is 5.54. The third kappa shape index (κ3) is 3.07. The Morgan fingerprint density at radius 3 is 2.84 bits per heavy atom. The predicted octanol–water partition coefficient (Wildman–Crippen LogP) is 3.70. The molecule has 128 valence electrons. The molecule has 1 aliphatic rings. The van der Waals surface area contributed by atoms with E-state index in [1.54, 1.807) is 6.20 Å². The second kappa shape index (κ2) is 6.55. The van der Waals surface area contributed by atoms with Crippen LogP contribution in [0.1, 0.15) is 53.5 Å². The number of hydrogen-bond donors (Lipinski definition) is 1. The summed E-state index contributed by atoms with van der Waals surface area (Å²) in [5, 5.41) is 6.91. The fraction of sp³-hybridized carbons (Fsp3) is 0.316. The van der Waals surface area contributed by atoms with E-state index in [2.05, 4.69) is 15.5 Å². The molecule has 0 spiro atoms. The average molecular weight is 337 g/mol. The number of nitrogens with one attached hydrogen (secondary N) is 1. The second-order valence-corrected chi connectivity index (χ2v) is 6.27. The van der Waals surface area contributed by atoms with Gasteiger partial charge in [0.1, 0.15) is 6.04 Å². The predicted molar refractivity (Wildman–Crippen MR) is 91.0 cm³/mol. The van der Waals surface area contributed by atoms with Gasteiger partial charge < -0.3 is 14.3 Å². The van der Waals surface area contributed by atoms with Gasteiger partial charge >= 0.3 is 0 Å². The number of aromatic nitrogens is 2. The molecule has 1 aliphatic carbocycles. The number of fused-ring (bicyclic) bond motifs is 1. The number of carbonyl (C=O) groups excluding carboxylic acids is 1. The minimum absolute atomic E-state index is 0.275. The highest BCUT2D eigenvalue weighted by molar-refractivity contribution is 5.93. The van der Waals surface area contributed by atoms with E-state index in [4.69, 9.17) is 8.94 Å². The molecule has 0 radical (unpaired) electrons. The van der Waals surface area contributed by atoms with Gasteiger partial charge in [0, 0.05) is 11.1 Å². The van der Waals surface area contributed by atoms with Gasteiger partial charge in [-0.25, -0.2) is 4.98 Å². The summed E-state index contributed by atoms with van der Waals surface area (Å²) in [6, 6.07) is 9.37. The minimum atomic E-state index is -0.366. The molecule has 4 rings (SSSR count). The van der Waals surface area contributed by atoms with Gasteiger partial charge in [0.25, 0.3) is 5.91 Å². The molecule has 25 heavy (non-hydrogen) atoms. The highest BCUT2D eigenvalue weighted by Crippen LogP contribution is 2.25. The molecular formula is C19H19N3O3. The molecule has 0 saturated heterocycles. The standard InChI is InChI=1S/C19H19N3O3/c1-12(19-20-11-16(24-19)13-7-3-2-4-8-13)21-18(23)17-14-9-5-6-10-15(14)22-25-17/h2-4,7-8,11-12H,5-6,9-10H2,1H3,(H,21,23). The Kier molecular flexibility index (Phi) is 4.09. The van der Waals surface area contributed by atoms with Crippen molar-refractivity contribution in [3.63, 3.8) is 0 Å². The lowest BCUT2D eigenvalue weighted by Crippen LogP contribution is -2.27. The zero-order valence-electron chi connectivity index (χ0n) is 14.0. The maximum atomic E-state index is 12.5. The lowest BCUT2D eigenvalue weighted by atomic mass is 9.96. The lowest BCUT2D eigenvalue weighted by Gasteiger charge is -2.11. The molecule has 1 atom stereocenters. The van der Waals surface area contributed by atoms with E-state index in [0.29, 0.717) is 17.4 Å². The summed E-state index contributed by atoms with van der Waals surface area (Å²) in [7, 11) is 0. The number of carbonyl (C=O) groups is 1. The topological polar surface area (TPSA) is 81.2 Å². The Balaban J connectivity index is 1.49. The van der Waals surface area contributed by atoms with Crippen LogP contribution in [0, 0.1) is 0 Å². The van der Waals surface area contributed by atoms with Crippen molar-refractivity contribution in [1.29, 1.82) is 0 Å². The number of rotatable bonds is 4. The van der Waals surface area contributed by atoms with E-state index in [9.17, 15) is 4.79 Å². The van der Waals surface area contributed by atoms with Crippen molar-refractivity contribution >= 4 is 5.91 Å². The van der Waals surface area contributed by atoms with E-state index in [1.165, 1.54) is 0 Å². The zero-order chi connectivity index (χ0) is 17.2. The number of oxazole rings is 1. The van der Waals surface area contributed by atoms with Gasteiger partial charge in [-0.05, 0) is 32.6 Å². The molecule has 1 aromatic carbocycles. The van der Waals surface area contributed by atoms with E-state index < -0.39 is 0 Å². The van der Waals surface area contributed by atoms with Crippen molar-refractivity contribution in [2.45, 2.75) is 38.6 Å². The summed E-state index contributed by atoms with van der Waals surface area (Å²) < 4.78 is 11.1. The molecular weight excluding hydrogens is 318 g/mol. The van der Waals surface area contributed by atoms with Crippen LogP contribution in [0.4, 0.5) is 0 Å². The van der Waals surface area contributed by atoms with Crippen LogP contribution in [0.3, 0.4) is 0 Å². The normalized spacial score (nSPS) is 14.8. The first kappa shape index (κ1) is 15.6. The molecule has 0 bridgehead atoms. The van der Waals surface area contributed by atoms with Crippen molar-refractivity contribution in [3.05, 3.63) is 59.4 Å². The first-order valence-electron chi connectivity index (χ1n) is 8.52. The van der Waals surface area contributed by atoms with Crippen molar-refractivity contribution in [2.24, 2.45) is 0 Å². The number of nitrogens with zero attached hydrogens (tertiary/aromatic N) is 2. The molecule has 1 N–H and O–H groups in total. The highest BCUT2D eigenvalue weighted by Gasteiger charge is 2.26. The van der Waals surface area contributed by atoms with Gasteiger partial charge in [-0.15, -0.1) is 0 Å². The second-order valence-electron chi connectivity index (χ2n) is 6.27. The molecule has 1 amide bonds. The first-order valence-corrected chi connectivity index (χ1v) is 8.52.